The molecule has 3 aromatic heterocycles. The number of aromatic nitrogens is 4. The Morgan fingerprint density at radius 3 is 1.47 bits per heavy atom. The highest BCUT2D eigenvalue weighted by atomic mass is 16.3. The first-order valence-electron chi connectivity index (χ1n) is 18.8. The Bertz CT molecular complexity index is 3310. The second-order valence-corrected chi connectivity index (χ2v) is 14.6. The SMILES string of the molecule is [B]c1c([B])c([B])c(-c2nc(-c3ccc4oc5cc(-c6ccc7c(c6)c6ccccc6n7-c6ccccc6)ccc5c4c3)nc(-c3c([B])c([B])c([B])c([B])c3[B])n2)c([B])c1[B]. The summed E-state index contributed by atoms with van der Waals surface area (Å²) in [6.45, 7) is 0. The molecule has 0 spiro atoms. The Balaban J connectivity index is 1.12. The van der Waals surface area contributed by atoms with Gasteiger partial charge in [0.05, 0.1) is 11.0 Å². The van der Waals surface area contributed by atoms with Crippen LogP contribution < -0.4 is 54.6 Å². The number of benzene rings is 7. The zero-order valence-electron chi connectivity index (χ0n) is 31.9. The van der Waals surface area contributed by atoms with Crippen LogP contribution in [-0.4, -0.2) is 98.0 Å². The fourth-order valence-corrected chi connectivity index (χ4v) is 8.01. The van der Waals surface area contributed by atoms with Crippen molar-refractivity contribution in [3.05, 3.63) is 109 Å². The molecule has 15 heteroatoms. The van der Waals surface area contributed by atoms with Gasteiger partial charge in [0.25, 0.3) is 0 Å². The molecule has 254 valence electrons. The van der Waals surface area contributed by atoms with Crippen LogP contribution in [0.3, 0.4) is 0 Å². The minimum Gasteiger partial charge on any atom is -0.456 e. The van der Waals surface area contributed by atoms with E-state index in [1.807, 2.05) is 30.3 Å². The Labute approximate surface area is 359 Å². The summed E-state index contributed by atoms with van der Waals surface area (Å²) >= 11 is 0. The molecule has 0 bridgehead atoms. The van der Waals surface area contributed by atoms with Gasteiger partial charge in [-0.25, -0.2) is 15.0 Å². The number of hydrogen-bond acceptors (Lipinski definition) is 4. The maximum Gasteiger partial charge on any atom is 0.164 e. The average Bonchev–Trinajstić information content (AvgIpc) is 3.81. The average molecular weight is 739 g/mol. The first kappa shape index (κ1) is 38.0. The summed E-state index contributed by atoms with van der Waals surface area (Å²) in [6, 6.07) is 37.1. The molecule has 0 amide bonds. The molecule has 0 aliphatic rings. The van der Waals surface area contributed by atoms with Gasteiger partial charge in [0.2, 0.25) is 0 Å². The van der Waals surface area contributed by atoms with Crippen LogP contribution in [0.4, 0.5) is 0 Å². The lowest BCUT2D eigenvalue weighted by Gasteiger charge is -2.22. The largest absolute Gasteiger partial charge is 0.456 e. The predicted octanol–water partition coefficient (Wildman–Crippen LogP) is -0.526. The second kappa shape index (κ2) is 14.2. The molecule has 0 saturated carbocycles. The van der Waals surface area contributed by atoms with Crippen LogP contribution in [0.1, 0.15) is 0 Å². The first-order valence-corrected chi connectivity index (χ1v) is 18.8. The van der Waals surface area contributed by atoms with Crippen molar-refractivity contribution in [2.45, 2.75) is 0 Å². The van der Waals surface area contributed by atoms with Crippen LogP contribution in [0.2, 0.25) is 0 Å². The van der Waals surface area contributed by atoms with Gasteiger partial charge in [0.15, 0.2) is 17.5 Å². The van der Waals surface area contributed by atoms with Crippen LogP contribution >= 0.6 is 0 Å². The topological polar surface area (TPSA) is 56.7 Å². The van der Waals surface area contributed by atoms with E-state index in [1.54, 1.807) is 0 Å². The Morgan fingerprint density at radius 2 is 0.833 bits per heavy atom. The number of fused-ring (bicyclic) bond motifs is 6. The Morgan fingerprint density at radius 1 is 0.350 bits per heavy atom. The monoisotopic (exact) mass is 740 g/mol. The highest BCUT2D eigenvalue weighted by Gasteiger charge is 2.22. The van der Waals surface area contributed by atoms with Gasteiger partial charge in [-0.2, -0.15) is 0 Å². The molecule has 10 aromatic rings. The molecule has 0 saturated heterocycles. The van der Waals surface area contributed by atoms with Gasteiger partial charge < -0.3 is 8.98 Å². The van der Waals surface area contributed by atoms with Gasteiger partial charge in [-0.3, -0.25) is 0 Å². The zero-order valence-corrected chi connectivity index (χ0v) is 31.9. The third kappa shape index (κ3) is 5.80. The fourth-order valence-electron chi connectivity index (χ4n) is 8.01. The van der Waals surface area contributed by atoms with Crippen LogP contribution in [-0.2, 0) is 0 Å². The van der Waals surface area contributed by atoms with Crippen LogP contribution in [0.25, 0.3) is 94.7 Å². The molecule has 20 radical (unpaired) electrons. The van der Waals surface area contributed by atoms with Gasteiger partial charge in [-0.1, -0.05) is 70.4 Å². The molecule has 0 unspecified atom stereocenters. The summed E-state index contributed by atoms with van der Waals surface area (Å²) in [6.07, 6.45) is 0. The maximum absolute atomic E-state index is 6.48. The molecule has 7 aromatic carbocycles. The second-order valence-electron chi connectivity index (χ2n) is 14.6. The van der Waals surface area contributed by atoms with E-state index >= 15 is 0 Å². The summed E-state index contributed by atoms with van der Waals surface area (Å²) in [7, 11) is 63.2. The van der Waals surface area contributed by atoms with Crippen LogP contribution in [0.5, 0.6) is 0 Å². The molecule has 0 aliphatic heterocycles. The summed E-state index contributed by atoms with van der Waals surface area (Å²) < 4.78 is 8.74. The van der Waals surface area contributed by atoms with Crippen LogP contribution in [0.15, 0.2) is 114 Å². The summed E-state index contributed by atoms with van der Waals surface area (Å²) in [5.41, 5.74) is 7.86. The highest BCUT2D eigenvalue weighted by molar-refractivity contribution is 6.70. The molecular weight excluding hydrogens is 721 g/mol. The van der Waals surface area contributed by atoms with E-state index in [0.717, 1.165) is 44.0 Å². The van der Waals surface area contributed by atoms with Crippen molar-refractivity contribution in [1.82, 2.24) is 19.5 Å². The van der Waals surface area contributed by atoms with Crippen molar-refractivity contribution in [2.24, 2.45) is 0 Å². The number of furan rings is 1. The van der Waals surface area contributed by atoms with Crippen molar-refractivity contribution in [3.63, 3.8) is 0 Å². The predicted molar refractivity (Wildman–Crippen MR) is 257 cm³/mol. The molecule has 3 heterocycles. The molecule has 5 nitrogen and oxygen atoms in total. The molecule has 0 fully saturated rings. The van der Waals surface area contributed by atoms with Crippen molar-refractivity contribution >= 4 is 177 Å². The third-order valence-electron chi connectivity index (χ3n) is 11.2. The Hall–Kier alpha value is -6.20. The standard InChI is InChI=1S/C45H18B10N4O/c46-33-31(34(47)38(51)41(54)37(33)50)44-56-43(57-45(58-44)32-35(48)39(52)42(55)40(53)36(32)49)21-12-15-29-26(17-21)24-13-10-20(18-30(24)60-29)19-11-14-28-25(16-19)23-8-4-5-9-27(23)59(28)22-6-2-1-3-7-22/h1-18H. The van der Waals surface area contributed by atoms with Crippen molar-refractivity contribution < 1.29 is 4.42 Å². The fraction of sp³-hybridized carbons (Fsp3) is 0. The number of para-hydroxylation sites is 2. The minimum atomic E-state index is 0.0156. The van der Waals surface area contributed by atoms with Crippen LogP contribution in [0, 0.1) is 0 Å². The number of nitrogens with zero attached hydrogens (tertiary/aromatic N) is 4. The van der Waals surface area contributed by atoms with Gasteiger partial charge in [0, 0.05) is 43.9 Å². The van der Waals surface area contributed by atoms with E-state index in [1.165, 1.54) is 5.39 Å². The van der Waals surface area contributed by atoms with E-state index in [9.17, 15) is 0 Å². The first-order chi connectivity index (χ1) is 28.9. The quantitative estimate of drug-likeness (QED) is 0.223. The molecular formula is C45H18B10N4O. The van der Waals surface area contributed by atoms with E-state index in [2.05, 4.69) is 83.4 Å². The summed E-state index contributed by atoms with van der Waals surface area (Å²) in [5.74, 6) is 0.231. The van der Waals surface area contributed by atoms with Crippen molar-refractivity contribution in [3.8, 4) is 51.0 Å². The summed E-state index contributed by atoms with van der Waals surface area (Å²) in [5, 5.41) is 4.02. The molecule has 10 rings (SSSR count). The lowest BCUT2D eigenvalue weighted by Crippen LogP contribution is -2.55. The van der Waals surface area contributed by atoms with Crippen molar-refractivity contribution in [1.29, 1.82) is 0 Å². The lowest BCUT2D eigenvalue weighted by molar-refractivity contribution is 0.669. The lowest BCUT2D eigenvalue weighted by atomic mass is 9.60. The van der Waals surface area contributed by atoms with E-state index in [0.29, 0.717) is 16.7 Å². The molecule has 60 heavy (non-hydrogen) atoms. The summed E-state index contributed by atoms with van der Waals surface area (Å²) in [4.78, 5) is 14.3. The van der Waals surface area contributed by atoms with E-state index < -0.39 is 0 Å². The Kier molecular flexibility index (Phi) is 9.02. The maximum atomic E-state index is 6.48. The van der Waals surface area contributed by atoms with Gasteiger partial charge in [-0.15, -0.1) is 32.8 Å². The van der Waals surface area contributed by atoms with Gasteiger partial charge in [-0.05, 0) is 71.8 Å². The number of rotatable bonds is 5. The minimum absolute atomic E-state index is 0.0156. The van der Waals surface area contributed by atoms with E-state index in [4.69, 9.17) is 97.8 Å². The molecule has 0 aliphatic carbocycles. The van der Waals surface area contributed by atoms with E-state index in [-0.39, 0.29) is 83.2 Å². The van der Waals surface area contributed by atoms with Gasteiger partial charge >= 0.3 is 0 Å². The normalized spacial score (nSPS) is 11.7. The third-order valence-corrected chi connectivity index (χ3v) is 11.2. The highest BCUT2D eigenvalue weighted by Crippen LogP contribution is 2.38. The molecule has 0 atom stereocenters. The van der Waals surface area contributed by atoms with Crippen molar-refractivity contribution in [2.75, 3.05) is 0 Å². The smallest absolute Gasteiger partial charge is 0.164 e. The number of hydrogen-bond donors (Lipinski definition) is 0. The zero-order chi connectivity index (χ0) is 41.7. The van der Waals surface area contributed by atoms with Gasteiger partial charge in [0.1, 0.15) is 89.6 Å². The molecule has 0 N–H and O–H groups in total.